The van der Waals surface area contributed by atoms with Gasteiger partial charge in [-0.05, 0) is 23.8 Å². The average Bonchev–Trinajstić information content (AvgIpc) is 3.14. The maximum absolute atomic E-state index is 12.8. The fraction of sp³-hybridized carbons (Fsp3) is 0.100. The number of ether oxygens (including phenoxy) is 2. The minimum atomic E-state index is -1.19. The zero-order valence-electron chi connectivity index (χ0n) is 15.6. The summed E-state index contributed by atoms with van der Waals surface area (Å²) in [6.45, 7) is 0. The maximum Gasteiger partial charge on any atom is 0.339 e. The number of hydrogen-bond acceptors (Lipinski definition) is 5. The Hall–Kier alpha value is -2.45. The van der Waals surface area contributed by atoms with Gasteiger partial charge in [0.2, 0.25) is 0 Å². The van der Waals surface area contributed by atoms with Crippen molar-refractivity contribution in [2.75, 3.05) is 19.5 Å². The molecule has 6 nitrogen and oxygen atoms in total. The van der Waals surface area contributed by atoms with Gasteiger partial charge in [-0.2, -0.15) is 0 Å². The van der Waals surface area contributed by atoms with Gasteiger partial charge in [-0.15, -0.1) is 11.3 Å². The zero-order chi connectivity index (χ0) is 22.0. The number of anilines is 1. The van der Waals surface area contributed by atoms with Crippen molar-refractivity contribution >= 4 is 63.0 Å². The highest BCUT2D eigenvalue weighted by Crippen LogP contribution is 2.41. The Morgan fingerprint density at radius 2 is 1.80 bits per heavy atom. The number of rotatable bonds is 6. The number of halogens is 3. The lowest BCUT2D eigenvalue weighted by molar-refractivity contribution is 0.0699. The Morgan fingerprint density at radius 3 is 2.43 bits per heavy atom. The summed E-state index contributed by atoms with van der Waals surface area (Å²) in [5.74, 6) is -1.13. The van der Waals surface area contributed by atoms with Crippen molar-refractivity contribution in [1.29, 1.82) is 0 Å². The second-order valence-corrected chi connectivity index (χ2v) is 7.95. The van der Waals surface area contributed by atoms with E-state index in [-0.39, 0.29) is 36.9 Å². The molecule has 10 heteroatoms. The quantitative estimate of drug-likeness (QED) is 0.397. The van der Waals surface area contributed by atoms with Gasteiger partial charge in [-0.1, -0.05) is 46.9 Å². The maximum atomic E-state index is 12.8. The molecule has 0 bridgehead atoms. The lowest BCUT2D eigenvalue weighted by Gasteiger charge is -2.12. The molecule has 0 radical (unpaired) electrons. The number of thiophene rings is 1. The molecule has 1 aromatic heterocycles. The molecule has 30 heavy (non-hydrogen) atoms. The number of benzene rings is 2. The number of hydrogen-bond donors (Lipinski definition) is 2. The molecule has 0 spiro atoms. The molecule has 0 fully saturated rings. The second-order valence-electron chi connectivity index (χ2n) is 5.91. The number of carboxylic acids is 1. The van der Waals surface area contributed by atoms with E-state index in [0.29, 0.717) is 16.9 Å². The fourth-order valence-corrected chi connectivity index (χ4v) is 4.56. The minimum Gasteiger partial charge on any atom is -0.497 e. The molecule has 0 aliphatic carbocycles. The van der Waals surface area contributed by atoms with Crippen LogP contribution in [0.5, 0.6) is 11.5 Å². The summed E-state index contributed by atoms with van der Waals surface area (Å²) in [7, 11) is 2.89. The van der Waals surface area contributed by atoms with Crippen molar-refractivity contribution in [3.63, 3.8) is 0 Å². The summed E-state index contributed by atoms with van der Waals surface area (Å²) in [5, 5.41) is 14.1. The standard InChI is InChI=1S/C20H14Cl3NO5S/c1-28-10-5-3-4-9(6-10)12-8-30-19(14(12)20(26)27)24-18(25)11-7-13(21)17(29-2)16(23)15(11)22/h3-8H,1-2H3,(H,24,25)(H,26,27). The van der Waals surface area contributed by atoms with E-state index in [0.717, 1.165) is 11.3 Å². The van der Waals surface area contributed by atoms with Crippen LogP contribution in [0.25, 0.3) is 11.1 Å². The first-order valence-electron chi connectivity index (χ1n) is 8.30. The first-order chi connectivity index (χ1) is 14.3. The molecule has 0 saturated heterocycles. The van der Waals surface area contributed by atoms with Gasteiger partial charge in [-0.25, -0.2) is 4.79 Å². The molecule has 0 unspecified atom stereocenters. The number of carboxylic acid groups (broad SMARTS) is 1. The molecule has 3 aromatic rings. The van der Waals surface area contributed by atoms with Gasteiger partial charge in [0.1, 0.15) is 21.3 Å². The molecule has 2 N–H and O–H groups in total. The van der Waals surface area contributed by atoms with Crippen molar-refractivity contribution in [3.8, 4) is 22.6 Å². The van der Waals surface area contributed by atoms with Crippen LogP contribution < -0.4 is 14.8 Å². The summed E-state index contributed by atoms with van der Waals surface area (Å²) in [4.78, 5) is 24.7. The van der Waals surface area contributed by atoms with Crippen LogP contribution in [0.1, 0.15) is 20.7 Å². The molecule has 1 amide bonds. The predicted molar refractivity (Wildman–Crippen MR) is 119 cm³/mol. The third-order valence-electron chi connectivity index (χ3n) is 4.18. The van der Waals surface area contributed by atoms with E-state index in [9.17, 15) is 14.7 Å². The Morgan fingerprint density at radius 1 is 1.07 bits per heavy atom. The topological polar surface area (TPSA) is 84.9 Å². The highest BCUT2D eigenvalue weighted by Gasteiger charge is 2.24. The van der Waals surface area contributed by atoms with Crippen LogP contribution in [0.15, 0.2) is 35.7 Å². The summed E-state index contributed by atoms with van der Waals surface area (Å²) in [6.07, 6.45) is 0. The van der Waals surface area contributed by atoms with Crippen molar-refractivity contribution < 1.29 is 24.2 Å². The first-order valence-corrected chi connectivity index (χ1v) is 10.3. The van der Waals surface area contributed by atoms with Crippen LogP contribution in [0, 0.1) is 0 Å². The van der Waals surface area contributed by atoms with Crippen LogP contribution in [0.3, 0.4) is 0 Å². The summed E-state index contributed by atoms with van der Waals surface area (Å²) in [5.41, 5.74) is 1.01. The van der Waals surface area contributed by atoms with E-state index < -0.39 is 11.9 Å². The number of carbonyl (C=O) groups is 2. The van der Waals surface area contributed by atoms with Crippen molar-refractivity contribution in [3.05, 3.63) is 61.9 Å². The van der Waals surface area contributed by atoms with Crippen LogP contribution in [-0.2, 0) is 0 Å². The summed E-state index contributed by atoms with van der Waals surface area (Å²) >= 11 is 19.5. The number of amides is 1. The normalized spacial score (nSPS) is 10.6. The molecular formula is C20H14Cl3NO5S. The number of aromatic carboxylic acids is 1. The second kappa shape index (κ2) is 9.14. The number of methoxy groups -OCH3 is 2. The van der Waals surface area contributed by atoms with Crippen molar-refractivity contribution in [1.82, 2.24) is 0 Å². The highest BCUT2D eigenvalue weighted by molar-refractivity contribution is 7.15. The van der Waals surface area contributed by atoms with Gasteiger partial charge < -0.3 is 19.9 Å². The van der Waals surface area contributed by atoms with Gasteiger partial charge in [0.05, 0.1) is 29.8 Å². The first kappa shape index (κ1) is 22.2. The van der Waals surface area contributed by atoms with Gasteiger partial charge in [0, 0.05) is 10.9 Å². The lowest BCUT2D eigenvalue weighted by Crippen LogP contribution is -2.14. The highest BCUT2D eigenvalue weighted by atomic mass is 35.5. The zero-order valence-corrected chi connectivity index (χ0v) is 18.7. The smallest absolute Gasteiger partial charge is 0.339 e. The number of nitrogens with one attached hydrogen (secondary N) is 1. The SMILES string of the molecule is COc1cccc(-c2csc(NC(=O)c3cc(Cl)c(OC)c(Cl)c3Cl)c2C(=O)O)c1. The van der Waals surface area contributed by atoms with E-state index in [1.807, 2.05) is 0 Å². The number of carbonyl (C=O) groups excluding carboxylic acids is 1. The summed E-state index contributed by atoms with van der Waals surface area (Å²) in [6, 6.07) is 8.26. The molecule has 156 valence electrons. The lowest BCUT2D eigenvalue weighted by atomic mass is 10.0. The molecule has 3 rings (SSSR count). The van der Waals surface area contributed by atoms with E-state index in [2.05, 4.69) is 5.32 Å². The van der Waals surface area contributed by atoms with Crippen molar-refractivity contribution in [2.45, 2.75) is 0 Å². The Kier molecular flexibility index (Phi) is 6.77. The van der Waals surface area contributed by atoms with Gasteiger partial charge >= 0.3 is 5.97 Å². The minimum absolute atomic E-state index is 0.0138. The molecule has 2 aromatic carbocycles. The van der Waals surface area contributed by atoms with E-state index in [4.69, 9.17) is 44.3 Å². The predicted octanol–water partition coefficient (Wildman–Crippen LogP) is 6.34. The molecule has 1 heterocycles. The molecule has 0 saturated carbocycles. The largest absolute Gasteiger partial charge is 0.497 e. The Balaban J connectivity index is 2.01. The van der Waals surface area contributed by atoms with Crippen LogP contribution in [0.2, 0.25) is 15.1 Å². The van der Waals surface area contributed by atoms with Gasteiger partial charge in [-0.3, -0.25) is 4.79 Å². The third-order valence-corrected chi connectivity index (χ3v) is 6.20. The van der Waals surface area contributed by atoms with E-state index >= 15 is 0 Å². The average molecular weight is 487 g/mol. The monoisotopic (exact) mass is 485 g/mol. The van der Waals surface area contributed by atoms with E-state index in [1.165, 1.54) is 20.3 Å². The van der Waals surface area contributed by atoms with Crippen LogP contribution in [0.4, 0.5) is 5.00 Å². The Bertz CT molecular complexity index is 1150. The van der Waals surface area contributed by atoms with Gasteiger partial charge in [0.15, 0.2) is 5.75 Å². The molecular weight excluding hydrogens is 473 g/mol. The van der Waals surface area contributed by atoms with Crippen LogP contribution in [-0.4, -0.2) is 31.2 Å². The molecule has 0 aliphatic heterocycles. The molecule has 0 aliphatic rings. The molecule has 0 atom stereocenters. The van der Waals surface area contributed by atoms with Crippen molar-refractivity contribution in [2.24, 2.45) is 0 Å². The van der Waals surface area contributed by atoms with Crippen LogP contribution >= 0.6 is 46.1 Å². The third kappa shape index (κ3) is 4.20. The van der Waals surface area contributed by atoms with Gasteiger partial charge in [0.25, 0.3) is 5.91 Å². The summed E-state index contributed by atoms with van der Waals surface area (Å²) < 4.78 is 10.3. The van der Waals surface area contributed by atoms with E-state index in [1.54, 1.807) is 29.6 Å². The Labute approximate surface area is 190 Å². The fourth-order valence-electron chi connectivity index (χ4n) is 2.77.